The fourth-order valence-electron chi connectivity index (χ4n) is 2.03. The Morgan fingerprint density at radius 1 is 1.35 bits per heavy atom. The van der Waals surface area contributed by atoms with Gasteiger partial charge in [-0.05, 0) is 32.0 Å². The number of nitrogens with one attached hydrogen (secondary N) is 1. The lowest BCUT2D eigenvalue weighted by Gasteiger charge is -2.11. The minimum atomic E-state index is 0.0255. The molecule has 3 N–H and O–H groups in total. The van der Waals surface area contributed by atoms with Crippen LogP contribution >= 0.6 is 11.6 Å². The maximum atomic E-state index is 9.80. The predicted molar refractivity (Wildman–Crippen MR) is 79.2 cm³/mol. The molecule has 6 heteroatoms. The van der Waals surface area contributed by atoms with E-state index in [0.717, 1.165) is 17.1 Å². The van der Waals surface area contributed by atoms with Gasteiger partial charge in [0, 0.05) is 22.7 Å². The molecule has 0 aliphatic heterocycles. The Balaban J connectivity index is 2.20. The van der Waals surface area contributed by atoms with E-state index in [2.05, 4.69) is 10.4 Å². The summed E-state index contributed by atoms with van der Waals surface area (Å²) in [6, 6.07) is 4.94. The first kappa shape index (κ1) is 14.7. The maximum Gasteiger partial charge on any atom is 0.127 e. The highest BCUT2D eigenvalue weighted by Gasteiger charge is 2.11. The number of phenols is 1. The molecule has 5 nitrogen and oxygen atoms in total. The van der Waals surface area contributed by atoms with Crippen LogP contribution in [0.3, 0.4) is 0 Å². The van der Waals surface area contributed by atoms with Crippen LogP contribution in [0, 0.1) is 13.8 Å². The van der Waals surface area contributed by atoms with Crippen LogP contribution < -0.4 is 5.32 Å². The topological polar surface area (TPSA) is 70.3 Å². The van der Waals surface area contributed by atoms with Gasteiger partial charge in [0.2, 0.25) is 0 Å². The van der Waals surface area contributed by atoms with Crippen molar-refractivity contribution < 1.29 is 10.2 Å². The van der Waals surface area contributed by atoms with Crippen LogP contribution in [0.4, 0.5) is 5.82 Å². The van der Waals surface area contributed by atoms with Crippen LogP contribution in [-0.4, -0.2) is 26.6 Å². The summed E-state index contributed by atoms with van der Waals surface area (Å²) in [5, 5.41) is 27.0. The number of halogens is 1. The molecule has 20 heavy (non-hydrogen) atoms. The third kappa shape index (κ3) is 3.05. The molecule has 0 spiro atoms. The van der Waals surface area contributed by atoms with Gasteiger partial charge in [0.25, 0.3) is 0 Å². The number of aryl methyl sites for hydroxylation is 1. The molecule has 108 valence electrons. The van der Waals surface area contributed by atoms with Crippen LogP contribution in [0.25, 0.3) is 0 Å². The molecule has 1 aromatic heterocycles. The highest BCUT2D eigenvalue weighted by molar-refractivity contribution is 6.30. The van der Waals surface area contributed by atoms with Gasteiger partial charge >= 0.3 is 0 Å². The van der Waals surface area contributed by atoms with E-state index >= 15 is 0 Å². The van der Waals surface area contributed by atoms with E-state index in [1.807, 2.05) is 13.8 Å². The molecule has 1 heterocycles. The number of phenolic OH excluding ortho intramolecular Hbond substituents is 1. The number of aliphatic hydroxyl groups excluding tert-OH is 1. The summed E-state index contributed by atoms with van der Waals surface area (Å²) >= 11 is 5.93. The van der Waals surface area contributed by atoms with E-state index in [1.165, 1.54) is 0 Å². The van der Waals surface area contributed by atoms with Gasteiger partial charge in [-0.25, -0.2) is 4.68 Å². The fourth-order valence-corrected chi connectivity index (χ4v) is 2.22. The number of aromatic hydroxyl groups is 1. The molecule has 0 atom stereocenters. The Bertz CT molecular complexity index is 611. The zero-order valence-corrected chi connectivity index (χ0v) is 12.3. The highest BCUT2D eigenvalue weighted by Crippen LogP contribution is 2.24. The lowest BCUT2D eigenvalue weighted by atomic mass is 10.2. The molecule has 1 aromatic carbocycles. The first-order chi connectivity index (χ1) is 9.52. The third-order valence-electron chi connectivity index (χ3n) is 3.23. The molecule has 0 unspecified atom stereocenters. The van der Waals surface area contributed by atoms with Gasteiger partial charge in [-0.2, -0.15) is 5.10 Å². The van der Waals surface area contributed by atoms with Crippen LogP contribution in [0.15, 0.2) is 18.2 Å². The number of benzene rings is 1. The molecule has 2 rings (SSSR count). The van der Waals surface area contributed by atoms with E-state index in [-0.39, 0.29) is 12.4 Å². The van der Waals surface area contributed by atoms with Crippen molar-refractivity contribution in [2.45, 2.75) is 26.9 Å². The normalized spacial score (nSPS) is 10.8. The third-order valence-corrected chi connectivity index (χ3v) is 3.46. The molecule has 0 saturated carbocycles. The Kier molecular flexibility index (Phi) is 4.52. The lowest BCUT2D eigenvalue weighted by Crippen LogP contribution is -2.11. The van der Waals surface area contributed by atoms with Gasteiger partial charge in [-0.15, -0.1) is 0 Å². The molecule has 0 saturated heterocycles. The molecule has 0 bridgehead atoms. The van der Waals surface area contributed by atoms with E-state index in [9.17, 15) is 5.11 Å². The summed E-state index contributed by atoms with van der Waals surface area (Å²) in [6.45, 7) is 4.78. The minimum Gasteiger partial charge on any atom is -0.508 e. The number of aromatic nitrogens is 2. The molecular weight excluding hydrogens is 278 g/mol. The summed E-state index contributed by atoms with van der Waals surface area (Å²) < 4.78 is 1.73. The number of hydrogen-bond acceptors (Lipinski definition) is 4. The van der Waals surface area contributed by atoms with Crippen molar-refractivity contribution in [2.75, 3.05) is 11.9 Å². The first-order valence-electron chi connectivity index (χ1n) is 6.39. The molecule has 0 radical (unpaired) electrons. The number of nitrogens with zero attached hydrogens (tertiary/aromatic N) is 2. The molecule has 0 aliphatic carbocycles. The average Bonchev–Trinajstić information content (AvgIpc) is 2.67. The van der Waals surface area contributed by atoms with Gasteiger partial charge in [-0.3, -0.25) is 0 Å². The summed E-state index contributed by atoms with van der Waals surface area (Å²) in [7, 11) is 0. The van der Waals surface area contributed by atoms with Crippen LogP contribution in [0.2, 0.25) is 5.02 Å². The van der Waals surface area contributed by atoms with Crippen molar-refractivity contribution in [2.24, 2.45) is 0 Å². The molecular formula is C14H18ClN3O2. The van der Waals surface area contributed by atoms with Crippen LogP contribution in [0.1, 0.15) is 16.8 Å². The summed E-state index contributed by atoms with van der Waals surface area (Å²) in [5.74, 6) is 1.04. The minimum absolute atomic E-state index is 0.0255. The smallest absolute Gasteiger partial charge is 0.127 e. The van der Waals surface area contributed by atoms with E-state index in [0.29, 0.717) is 23.7 Å². The van der Waals surface area contributed by atoms with Crippen molar-refractivity contribution in [3.8, 4) is 5.75 Å². The Labute approximate surface area is 122 Å². The second-order valence-corrected chi connectivity index (χ2v) is 5.07. The number of hydrogen-bond donors (Lipinski definition) is 3. The van der Waals surface area contributed by atoms with Crippen LogP contribution in [-0.2, 0) is 13.1 Å². The van der Waals surface area contributed by atoms with Gasteiger partial charge in [0.1, 0.15) is 11.6 Å². The van der Waals surface area contributed by atoms with Gasteiger partial charge < -0.3 is 15.5 Å². The lowest BCUT2D eigenvalue weighted by molar-refractivity contribution is 0.270. The van der Waals surface area contributed by atoms with Gasteiger partial charge in [0.05, 0.1) is 18.8 Å². The molecule has 0 amide bonds. The Morgan fingerprint density at radius 3 is 2.80 bits per heavy atom. The largest absolute Gasteiger partial charge is 0.508 e. The quantitative estimate of drug-likeness (QED) is 0.792. The standard InChI is InChI=1S/C14H18ClN3O2/c1-9-10(2)17-18(5-6-19)14(9)16-8-11-7-12(15)3-4-13(11)20/h3-4,7,16,19-20H,5-6,8H2,1-2H3. The second-order valence-electron chi connectivity index (χ2n) is 4.63. The van der Waals surface area contributed by atoms with E-state index in [4.69, 9.17) is 16.7 Å². The predicted octanol–water partition coefficient (Wildman–Crippen LogP) is 2.46. The maximum absolute atomic E-state index is 9.80. The second kappa shape index (κ2) is 6.15. The van der Waals surface area contributed by atoms with Gasteiger partial charge in [-0.1, -0.05) is 11.6 Å². The zero-order valence-electron chi connectivity index (χ0n) is 11.5. The van der Waals surface area contributed by atoms with Crippen molar-refractivity contribution >= 4 is 17.4 Å². The fraction of sp³-hybridized carbons (Fsp3) is 0.357. The summed E-state index contributed by atoms with van der Waals surface area (Å²) in [5.41, 5.74) is 2.66. The molecule has 0 fully saturated rings. The van der Waals surface area contributed by atoms with Crippen molar-refractivity contribution in [3.05, 3.63) is 40.0 Å². The van der Waals surface area contributed by atoms with Crippen molar-refractivity contribution in [3.63, 3.8) is 0 Å². The zero-order chi connectivity index (χ0) is 14.7. The number of anilines is 1. The van der Waals surface area contributed by atoms with Crippen LogP contribution in [0.5, 0.6) is 5.75 Å². The molecule has 2 aromatic rings. The number of aliphatic hydroxyl groups is 1. The van der Waals surface area contributed by atoms with E-state index < -0.39 is 0 Å². The van der Waals surface area contributed by atoms with Crippen molar-refractivity contribution in [1.82, 2.24) is 9.78 Å². The van der Waals surface area contributed by atoms with Gasteiger partial charge in [0.15, 0.2) is 0 Å². The Morgan fingerprint density at radius 2 is 2.10 bits per heavy atom. The highest BCUT2D eigenvalue weighted by atomic mass is 35.5. The summed E-state index contributed by atoms with van der Waals surface area (Å²) in [6.07, 6.45) is 0. The summed E-state index contributed by atoms with van der Waals surface area (Å²) in [4.78, 5) is 0. The van der Waals surface area contributed by atoms with E-state index in [1.54, 1.807) is 22.9 Å². The first-order valence-corrected chi connectivity index (χ1v) is 6.77. The average molecular weight is 296 g/mol. The molecule has 0 aliphatic rings. The monoisotopic (exact) mass is 295 g/mol. The Hall–Kier alpha value is -1.72. The van der Waals surface area contributed by atoms with Crippen molar-refractivity contribution in [1.29, 1.82) is 0 Å². The number of rotatable bonds is 5. The SMILES string of the molecule is Cc1nn(CCO)c(NCc2cc(Cl)ccc2O)c1C.